The van der Waals surface area contributed by atoms with E-state index < -0.39 is 5.91 Å². The average Bonchev–Trinajstić information content (AvgIpc) is 3.05. The van der Waals surface area contributed by atoms with Gasteiger partial charge in [0.05, 0.1) is 18.3 Å². The summed E-state index contributed by atoms with van der Waals surface area (Å²) in [6.45, 7) is 1.95. The van der Waals surface area contributed by atoms with E-state index in [1.54, 1.807) is 5.38 Å². The highest BCUT2D eigenvalue weighted by Gasteiger charge is 2.12. The number of aromatic nitrogens is 3. The molecule has 2 N–H and O–H groups in total. The molecule has 3 rings (SSSR count). The van der Waals surface area contributed by atoms with E-state index in [1.165, 1.54) is 29.9 Å². The van der Waals surface area contributed by atoms with E-state index in [4.69, 9.17) is 0 Å². The topological polar surface area (TPSA) is 96.9 Å². The summed E-state index contributed by atoms with van der Waals surface area (Å²) in [7, 11) is 0. The first-order chi connectivity index (χ1) is 12.5. The lowest BCUT2D eigenvalue weighted by Crippen LogP contribution is -2.15. The maximum atomic E-state index is 12.2. The Hall–Kier alpha value is -2.65. The zero-order valence-corrected chi connectivity index (χ0v) is 16.1. The van der Waals surface area contributed by atoms with Crippen molar-refractivity contribution in [2.75, 3.05) is 10.6 Å². The number of hydrogen-bond acceptors (Lipinski definition) is 6. The van der Waals surface area contributed by atoms with E-state index in [9.17, 15) is 9.59 Å². The quantitative estimate of drug-likeness (QED) is 0.644. The molecule has 2 heterocycles. The molecule has 0 atom stereocenters. The lowest BCUT2D eigenvalue weighted by molar-refractivity contribution is -0.115. The van der Waals surface area contributed by atoms with E-state index in [0.29, 0.717) is 10.8 Å². The van der Waals surface area contributed by atoms with Crippen molar-refractivity contribution in [3.05, 3.63) is 63.6 Å². The number of carbonyl (C=O) groups excluding carboxylic acids is 2. The van der Waals surface area contributed by atoms with Gasteiger partial charge in [-0.1, -0.05) is 15.9 Å². The van der Waals surface area contributed by atoms with E-state index in [1.807, 2.05) is 25.1 Å². The summed E-state index contributed by atoms with van der Waals surface area (Å²) in [5.41, 5.74) is 2.54. The Labute approximate surface area is 162 Å². The van der Waals surface area contributed by atoms with Crippen LogP contribution in [0.25, 0.3) is 0 Å². The normalized spacial score (nSPS) is 10.4. The number of nitrogens with one attached hydrogen (secondary N) is 2. The largest absolute Gasteiger partial charge is 0.326 e. The van der Waals surface area contributed by atoms with Crippen LogP contribution >= 0.6 is 27.3 Å². The SMILES string of the molecule is Cc1cc(NC(=O)Cc2csc(NC(=O)c3cnccn3)n2)ccc1Br. The maximum absolute atomic E-state index is 12.2. The van der Waals surface area contributed by atoms with Gasteiger partial charge in [-0.3, -0.25) is 19.9 Å². The molecule has 0 unspecified atom stereocenters. The van der Waals surface area contributed by atoms with E-state index in [-0.39, 0.29) is 18.0 Å². The van der Waals surface area contributed by atoms with Crippen LogP contribution in [-0.2, 0) is 11.2 Å². The minimum absolute atomic E-state index is 0.118. The second kappa shape index (κ2) is 8.15. The number of thiazole rings is 1. The van der Waals surface area contributed by atoms with Gasteiger partial charge in [0.15, 0.2) is 5.13 Å². The van der Waals surface area contributed by atoms with Gasteiger partial charge in [0, 0.05) is 27.9 Å². The standard InChI is InChI=1S/C17H14BrN5O2S/c1-10-6-11(2-3-13(10)18)21-15(24)7-12-9-26-17(22-12)23-16(25)14-8-19-4-5-20-14/h2-6,8-9H,7H2,1H3,(H,21,24)(H,22,23,25). The number of halogens is 1. The summed E-state index contributed by atoms with van der Waals surface area (Å²) in [4.78, 5) is 36.2. The lowest BCUT2D eigenvalue weighted by Gasteiger charge is -2.06. The van der Waals surface area contributed by atoms with Crippen LogP contribution in [0.2, 0.25) is 0 Å². The molecule has 2 aromatic heterocycles. The second-order valence-corrected chi connectivity index (χ2v) is 7.09. The lowest BCUT2D eigenvalue weighted by atomic mass is 10.2. The highest BCUT2D eigenvalue weighted by molar-refractivity contribution is 9.10. The van der Waals surface area contributed by atoms with Gasteiger partial charge in [-0.2, -0.15) is 0 Å². The second-order valence-electron chi connectivity index (χ2n) is 5.38. The van der Waals surface area contributed by atoms with Crippen molar-refractivity contribution < 1.29 is 9.59 Å². The molecule has 0 saturated carbocycles. The van der Waals surface area contributed by atoms with Gasteiger partial charge in [0.1, 0.15) is 5.69 Å². The van der Waals surface area contributed by atoms with Crippen LogP contribution in [0, 0.1) is 6.92 Å². The number of aryl methyl sites for hydroxylation is 1. The highest BCUT2D eigenvalue weighted by Crippen LogP contribution is 2.21. The van der Waals surface area contributed by atoms with Gasteiger partial charge in [0.2, 0.25) is 5.91 Å². The number of amides is 2. The fourth-order valence-electron chi connectivity index (χ4n) is 2.12. The Morgan fingerprint density at radius 3 is 2.81 bits per heavy atom. The van der Waals surface area contributed by atoms with Crippen LogP contribution in [0.5, 0.6) is 0 Å². The van der Waals surface area contributed by atoms with Gasteiger partial charge in [-0.05, 0) is 30.7 Å². The fraction of sp³-hybridized carbons (Fsp3) is 0.118. The fourth-order valence-corrected chi connectivity index (χ4v) is 3.07. The van der Waals surface area contributed by atoms with Crippen molar-refractivity contribution in [3.63, 3.8) is 0 Å². The predicted molar refractivity (Wildman–Crippen MR) is 103 cm³/mol. The summed E-state index contributed by atoms with van der Waals surface area (Å²) in [5.74, 6) is -0.572. The molecule has 0 aliphatic heterocycles. The van der Waals surface area contributed by atoms with Crippen LogP contribution in [-0.4, -0.2) is 26.8 Å². The Kier molecular flexibility index (Phi) is 5.69. The third-order valence-electron chi connectivity index (χ3n) is 3.35. The zero-order chi connectivity index (χ0) is 18.5. The van der Waals surface area contributed by atoms with Gasteiger partial charge in [-0.25, -0.2) is 9.97 Å². The molecule has 9 heteroatoms. The van der Waals surface area contributed by atoms with E-state index in [2.05, 4.69) is 41.5 Å². The molecular formula is C17H14BrN5O2S. The van der Waals surface area contributed by atoms with Gasteiger partial charge in [0.25, 0.3) is 5.91 Å². The molecule has 0 bridgehead atoms. The Balaban J connectivity index is 1.58. The summed E-state index contributed by atoms with van der Waals surface area (Å²) < 4.78 is 0.985. The molecular weight excluding hydrogens is 418 g/mol. The Morgan fingerprint density at radius 2 is 2.08 bits per heavy atom. The Bertz CT molecular complexity index is 945. The van der Waals surface area contributed by atoms with Crippen molar-refractivity contribution >= 4 is 49.9 Å². The highest BCUT2D eigenvalue weighted by atomic mass is 79.9. The number of nitrogens with zero attached hydrogens (tertiary/aromatic N) is 3. The third kappa shape index (κ3) is 4.70. The molecule has 0 aliphatic rings. The number of rotatable bonds is 5. The van der Waals surface area contributed by atoms with Crippen molar-refractivity contribution in [2.45, 2.75) is 13.3 Å². The molecule has 0 spiro atoms. The van der Waals surface area contributed by atoms with Crippen molar-refractivity contribution in [1.29, 1.82) is 0 Å². The predicted octanol–water partition coefficient (Wildman–Crippen LogP) is 3.44. The molecule has 2 amide bonds. The van der Waals surface area contributed by atoms with Crippen molar-refractivity contribution in [2.24, 2.45) is 0 Å². The molecule has 0 radical (unpaired) electrons. The van der Waals surface area contributed by atoms with E-state index >= 15 is 0 Å². The molecule has 7 nitrogen and oxygen atoms in total. The maximum Gasteiger partial charge on any atom is 0.277 e. The van der Waals surface area contributed by atoms with Crippen LogP contribution in [0.1, 0.15) is 21.7 Å². The third-order valence-corrected chi connectivity index (χ3v) is 5.05. The van der Waals surface area contributed by atoms with Crippen LogP contribution in [0.3, 0.4) is 0 Å². The first-order valence-electron chi connectivity index (χ1n) is 7.59. The van der Waals surface area contributed by atoms with Crippen LogP contribution in [0.4, 0.5) is 10.8 Å². The molecule has 3 aromatic rings. The number of hydrogen-bond donors (Lipinski definition) is 2. The van der Waals surface area contributed by atoms with Crippen molar-refractivity contribution in [3.8, 4) is 0 Å². The summed E-state index contributed by atoms with van der Waals surface area (Å²) in [6, 6.07) is 5.59. The summed E-state index contributed by atoms with van der Waals surface area (Å²) >= 11 is 4.67. The molecule has 0 aliphatic carbocycles. The number of anilines is 2. The minimum Gasteiger partial charge on any atom is -0.326 e. The van der Waals surface area contributed by atoms with Gasteiger partial charge < -0.3 is 5.32 Å². The van der Waals surface area contributed by atoms with E-state index in [0.717, 1.165) is 15.7 Å². The first kappa shape index (κ1) is 18.2. The minimum atomic E-state index is -0.395. The molecule has 26 heavy (non-hydrogen) atoms. The monoisotopic (exact) mass is 431 g/mol. The number of benzene rings is 1. The average molecular weight is 432 g/mol. The smallest absolute Gasteiger partial charge is 0.277 e. The molecule has 0 fully saturated rings. The van der Waals surface area contributed by atoms with Crippen LogP contribution < -0.4 is 10.6 Å². The zero-order valence-electron chi connectivity index (χ0n) is 13.7. The molecule has 0 saturated heterocycles. The van der Waals surface area contributed by atoms with Crippen molar-refractivity contribution in [1.82, 2.24) is 15.0 Å². The molecule has 132 valence electrons. The summed E-state index contributed by atoms with van der Waals surface area (Å²) in [6.07, 6.45) is 4.42. The first-order valence-corrected chi connectivity index (χ1v) is 9.26. The van der Waals surface area contributed by atoms with Crippen LogP contribution in [0.15, 0.2) is 46.6 Å². The Morgan fingerprint density at radius 1 is 1.23 bits per heavy atom. The molecule has 1 aromatic carbocycles. The van der Waals surface area contributed by atoms with Gasteiger partial charge >= 0.3 is 0 Å². The summed E-state index contributed by atoms with van der Waals surface area (Å²) in [5, 5.41) is 7.62. The number of carbonyl (C=O) groups is 2. The van der Waals surface area contributed by atoms with Gasteiger partial charge in [-0.15, -0.1) is 11.3 Å².